The van der Waals surface area contributed by atoms with Gasteiger partial charge in [-0.15, -0.1) is 0 Å². The van der Waals surface area contributed by atoms with Crippen molar-refractivity contribution in [2.45, 2.75) is 33.4 Å². The average molecular weight is 406 g/mol. The second-order valence-electron chi connectivity index (χ2n) is 7.30. The third kappa shape index (κ3) is 6.09. The van der Waals surface area contributed by atoms with Crippen molar-refractivity contribution in [1.82, 2.24) is 25.2 Å². The highest BCUT2D eigenvalue weighted by molar-refractivity contribution is 5.93. The zero-order valence-electron chi connectivity index (χ0n) is 17.4. The summed E-state index contributed by atoms with van der Waals surface area (Å²) in [4.78, 5) is 37.2. The van der Waals surface area contributed by atoms with Crippen molar-refractivity contribution in [3.05, 3.63) is 93.4 Å². The Bertz CT molecular complexity index is 980. The van der Waals surface area contributed by atoms with E-state index in [1.807, 2.05) is 24.5 Å². The topological polar surface area (TPSA) is 91.0 Å². The van der Waals surface area contributed by atoms with Crippen molar-refractivity contribution in [1.29, 1.82) is 0 Å². The van der Waals surface area contributed by atoms with Gasteiger partial charge in [0.25, 0.3) is 5.91 Å². The number of carbonyl (C=O) groups is 1. The first kappa shape index (κ1) is 21.4. The lowest BCUT2D eigenvalue weighted by molar-refractivity contribution is 0.0950. The van der Waals surface area contributed by atoms with Crippen LogP contribution in [0.3, 0.4) is 0 Å². The number of amides is 1. The van der Waals surface area contributed by atoms with E-state index in [0.29, 0.717) is 12.1 Å². The highest BCUT2D eigenvalue weighted by Gasteiger charge is 2.12. The summed E-state index contributed by atoms with van der Waals surface area (Å²) in [6.45, 7) is 6.90. The van der Waals surface area contributed by atoms with Gasteiger partial charge in [0.15, 0.2) is 0 Å². The van der Waals surface area contributed by atoms with Crippen molar-refractivity contribution < 1.29 is 4.79 Å². The Hall–Kier alpha value is -3.32. The van der Waals surface area contributed by atoms with Gasteiger partial charge in [-0.25, -0.2) is 0 Å². The van der Waals surface area contributed by atoms with E-state index in [9.17, 15) is 9.59 Å². The minimum atomic E-state index is -0.225. The van der Waals surface area contributed by atoms with Crippen LogP contribution in [0.15, 0.2) is 59.8 Å². The fraction of sp³-hybridized carbons (Fsp3) is 0.304. The van der Waals surface area contributed by atoms with E-state index in [1.54, 1.807) is 0 Å². The maximum absolute atomic E-state index is 12.2. The predicted octanol–water partition coefficient (Wildman–Crippen LogP) is 2.60. The molecule has 0 radical (unpaired) electrons. The molecule has 0 aliphatic carbocycles. The lowest BCUT2D eigenvalue weighted by Gasteiger charge is -2.23. The molecular formula is C23H27N5O2. The van der Waals surface area contributed by atoms with Crippen molar-refractivity contribution in [3.8, 4) is 0 Å². The molecule has 30 heavy (non-hydrogen) atoms. The van der Waals surface area contributed by atoms with Gasteiger partial charge in [0.05, 0.1) is 17.0 Å². The molecule has 2 N–H and O–H groups in total. The molecule has 3 rings (SSSR count). The molecule has 0 bridgehead atoms. The molecule has 156 valence electrons. The third-order valence-electron chi connectivity index (χ3n) is 4.97. The Kier molecular flexibility index (Phi) is 7.45. The highest BCUT2D eigenvalue weighted by atomic mass is 16.1. The van der Waals surface area contributed by atoms with E-state index in [4.69, 9.17) is 0 Å². The van der Waals surface area contributed by atoms with E-state index < -0.39 is 0 Å². The second-order valence-corrected chi connectivity index (χ2v) is 7.30. The Balaban J connectivity index is 1.59. The van der Waals surface area contributed by atoms with Crippen LogP contribution in [0.1, 0.15) is 39.3 Å². The number of aromatic nitrogens is 3. The number of H-pyrrole nitrogens is 1. The molecule has 0 fully saturated rings. The van der Waals surface area contributed by atoms with Gasteiger partial charge in [-0.2, -0.15) is 0 Å². The zero-order valence-corrected chi connectivity index (χ0v) is 17.4. The van der Waals surface area contributed by atoms with Crippen LogP contribution in [0, 0.1) is 13.8 Å². The molecule has 7 heteroatoms. The largest absolute Gasteiger partial charge is 0.352 e. The van der Waals surface area contributed by atoms with Gasteiger partial charge in [0.1, 0.15) is 0 Å². The van der Waals surface area contributed by atoms with Crippen LogP contribution in [0.4, 0.5) is 0 Å². The van der Waals surface area contributed by atoms with E-state index in [2.05, 4.69) is 51.1 Å². The monoisotopic (exact) mass is 405 g/mol. The molecule has 3 aromatic heterocycles. The van der Waals surface area contributed by atoms with Crippen molar-refractivity contribution in [2.24, 2.45) is 0 Å². The number of nitrogens with one attached hydrogen (secondary N) is 2. The molecule has 0 unspecified atom stereocenters. The number of carbonyl (C=O) groups excluding carboxylic acids is 1. The van der Waals surface area contributed by atoms with E-state index in [-0.39, 0.29) is 11.5 Å². The molecule has 0 aromatic carbocycles. The Morgan fingerprint density at radius 3 is 2.17 bits per heavy atom. The summed E-state index contributed by atoms with van der Waals surface area (Å²) in [7, 11) is 0. The summed E-state index contributed by atoms with van der Waals surface area (Å²) >= 11 is 0. The maximum atomic E-state index is 12.2. The fourth-order valence-electron chi connectivity index (χ4n) is 3.16. The van der Waals surface area contributed by atoms with Crippen LogP contribution in [0.25, 0.3) is 0 Å². The molecule has 7 nitrogen and oxygen atoms in total. The van der Waals surface area contributed by atoms with Gasteiger partial charge in [0, 0.05) is 50.8 Å². The summed E-state index contributed by atoms with van der Waals surface area (Å²) in [5.74, 6) is -0.195. The molecule has 0 saturated carbocycles. The molecule has 0 aliphatic heterocycles. The Morgan fingerprint density at radius 2 is 1.63 bits per heavy atom. The molecule has 3 aromatic rings. The minimum absolute atomic E-state index is 0.195. The van der Waals surface area contributed by atoms with Crippen LogP contribution in [0.5, 0.6) is 0 Å². The van der Waals surface area contributed by atoms with Crippen molar-refractivity contribution >= 4 is 5.91 Å². The number of pyridine rings is 3. The van der Waals surface area contributed by atoms with Crippen LogP contribution < -0.4 is 10.9 Å². The summed E-state index contributed by atoms with van der Waals surface area (Å²) in [5, 5.41) is 2.91. The summed E-state index contributed by atoms with van der Waals surface area (Å²) in [6, 6.07) is 10.9. The Labute approximate surface area is 176 Å². The van der Waals surface area contributed by atoms with Crippen LogP contribution >= 0.6 is 0 Å². The lowest BCUT2D eigenvalue weighted by Crippen LogP contribution is -2.30. The fourth-order valence-corrected chi connectivity index (χ4v) is 3.16. The van der Waals surface area contributed by atoms with Crippen molar-refractivity contribution in [2.75, 3.05) is 13.1 Å². The van der Waals surface area contributed by atoms with E-state index in [1.165, 1.54) is 18.3 Å². The molecular weight excluding hydrogens is 378 g/mol. The molecule has 0 spiro atoms. The van der Waals surface area contributed by atoms with Gasteiger partial charge in [-0.05, 0) is 49.6 Å². The molecule has 3 heterocycles. The summed E-state index contributed by atoms with van der Waals surface area (Å²) in [6.07, 6.45) is 5.85. The summed E-state index contributed by atoms with van der Waals surface area (Å²) < 4.78 is 0. The number of hydrogen-bond donors (Lipinski definition) is 2. The minimum Gasteiger partial charge on any atom is -0.352 e. The normalized spacial score (nSPS) is 10.9. The van der Waals surface area contributed by atoms with Gasteiger partial charge in [-0.1, -0.05) is 12.1 Å². The first-order chi connectivity index (χ1) is 14.5. The molecule has 1 amide bonds. The predicted molar refractivity (Wildman–Crippen MR) is 116 cm³/mol. The average Bonchev–Trinajstić information content (AvgIpc) is 2.74. The standard InChI is InChI=1S/C23H27N5O2/c1-17-6-3-10-24-20(17)15-28(16-21-18(2)7-4-11-25-21)13-5-12-26-23(30)19-8-9-22(29)27-14-19/h3-4,6-11,14H,5,12-13,15-16H2,1-2H3,(H,26,30)(H,27,29). The second kappa shape index (κ2) is 10.5. The Morgan fingerprint density at radius 1 is 1.00 bits per heavy atom. The van der Waals surface area contributed by atoms with E-state index >= 15 is 0 Å². The van der Waals surface area contributed by atoms with Gasteiger partial charge in [0.2, 0.25) is 5.56 Å². The van der Waals surface area contributed by atoms with Gasteiger partial charge in [-0.3, -0.25) is 24.5 Å². The van der Waals surface area contributed by atoms with Crippen LogP contribution in [-0.4, -0.2) is 38.8 Å². The quantitative estimate of drug-likeness (QED) is 0.534. The first-order valence-electron chi connectivity index (χ1n) is 10.0. The molecule has 0 aliphatic rings. The SMILES string of the molecule is Cc1cccnc1CN(CCCNC(=O)c1ccc(=O)[nH]c1)Cc1ncccc1C. The van der Waals surface area contributed by atoms with Crippen LogP contribution in [-0.2, 0) is 13.1 Å². The highest BCUT2D eigenvalue weighted by Crippen LogP contribution is 2.13. The number of aromatic amines is 1. The van der Waals surface area contributed by atoms with Gasteiger partial charge >= 0.3 is 0 Å². The molecule has 0 atom stereocenters. The molecule has 0 saturated heterocycles. The summed E-state index contributed by atoms with van der Waals surface area (Å²) in [5.41, 5.74) is 4.63. The van der Waals surface area contributed by atoms with E-state index in [0.717, 1.165) is 48.6 Å². The van der Waals surface area contributed by atoms with Crippen LogP contribution in [0.2, 0.25) is 0 Å². The smallest absolute Gasteiger partial charge is 0.252 e. The number of hydrogen-bond acceptors (Lipinski definition) is 5. The maximum Gasteiger partial charge on any atom is 0.252 e. The number of aryl methyl sites for hydroxylation is 2. The third-order valence-corrected chi connectivity index (χ3v) is 4.97. The zero-order chi connectivity index (χ0) is 21.3. The number of nitrogens with zero attached hydrogens (tertiary/aromatic N) is 3. The van der Waals surface area contributed by atoms with Gasteiger partial charge < -0.3 is 10.3 Å². The number of rotatable bonds is 9. The lowest BCUT2D eigenvalue weighted by atomic mass is 10.1. The first-order valence-corrected chi connectivity index (χ1v) is 10.0. The van der Waals surface area contributed by atoms with Crippen molar-refractivity contribution in [3.63, 3.8) is 0 Å².